The van der Waals surface area contributed by atoms with Crippen molar-refractivity contribution in [2.45, 2.75) is 17.7 Å². The Morgan fingerprint density at radius 2 is 1.71 bits per heavy atom. The van der Waals surface area contributed by atoms with E-state index in [4.69, 9.17) is 27.4 Å². The van der Waals surface area contributed by atoms with Gasteiger partial charge in [-0.1, -0.05) is 23.2 Å². The average Bonchev–Trinajstić information content (AvgIpc) is 2.96. The second-order valence-electron chi connectivity index (χ2n) is 5.26. The van der Waals surface area contributed by atoms with Gasteiger partial charge in [-0.05, 0) is 48.9 Å². The Morgan fingerprint density at radius 1 is 1.00 bits per heavy atom. The molecule has 1 heterocycles. The minimum atomic E-state index is -4.02. The van der Waals surface area contributed by atoms with Crippen LogP contribution in [0.4, 0.5) is 5.69 Å². The third-order valence-electron chi connectivity index (χ3n) is 3.61. The number of carbonyl (C=O) groups is 1. The number of anilines is 1. The van der Waals surface area contributed by atoms with E-state index in [9.17, 15) is 13.2 Å². The Balaban J connectivity index is 1.80. The second-order valence-corrected chi connectivity index (χ2v) is 7.62. The van der Waals surface area contributed by atoms with Crippen molar-refractivity contribution in [2.75, 3.05) is 11.4 Å². The molecule has 0 atom stereocenters. The highest BCUT2D eigenvalue weighted by Crippen LogP contribution is 2.28. The molecule has 0 aromatic heterocycles. The van der Waals surface area contributed by atoms with Gasteiger partial charge in [-0.3, -0.25) is 4.79 Å². The zero-order chi connectivity index (χ0) is 17.3. The molecule has 0 aliphatic carbocycles. The van der Waals surface area contributed by atoms with Crippen LogP contribution < -0.4 is 9.08 Å². The van der Waals surface area contributed by atoms with Gasteiger partial charge >= 0.3 is 10.1 Å². The largest absolute Gasteiger partial charge is 0.379 e. The quantitative estimate of drug-likeness (QED) is 0.748. The van der Waals surface area contributed by atoms with Crippen molar-refractivity contribution in [3.8, 4) is 5.75 Å². The lowest BCUT2D eigenvalue weighted by atomic mass is 10.3. The summed E-state index contributed by atoms with van der Waals surface area (Å²) in [5.41, 5.74) is 0.719. The van der Waals surface area contributed by atoms with Gasteiger partial charge in [0.15, 0.2) is 0 Å². The van der Waals surface area contributed by atoms with E-state index in [0.29, 0.717) is 13.0 Å². The maximum absolute atomic E-state index is 12.3. The lowest BCUT2D eigenvalue weighted by Gasteiger charge is -2.16. The summed E-state index contributed by atoms with van der Waals surface area (Å²) in [6.07, 6.45) is 1.35. The molecule has 5 nitrogen and oxygen atoms in total. The van der Waals surface area contributed by atoms with Gasteiger partial charge < -0.3 is 9.08 Å². The highest BCUT2D eigenvalue weighted by atomic mass is 35.5. The number of rotatable bonds is 4. The van der Waals surface area contributed by atoms with Gasteiger partial charge in [0.1, 0.15) is 10.6 Å². The molecular weight excluding hydrogens is 373 g/mol. The number of halogens is 2. The Morgan fingerprint density at radius 3 is 2.29 bits per heavy atom. The Hall–Kier alpha value is -1.76. The number of benzene rings is 2. The zero-order valence-electron chi connectivity index (χ0n) is 12.4. The monoisotopic (exact) mass is 385 g/mol. The summed E-state index contributed by atoms with van der Waals surface area (Å²) in [6, 6.07) is 10.3. The standard InChI is InChI=1S/C16H13Cl2NO4S/c17-14-8-7-13(10-15(14)18)24(21,22)23-12-5-3-11(4-6-12)19-9-1-2-16(19)20/h3-8,10H,1-2,9H2. The summed E-state index contributed by atoms with van der Waals surface area (Å²) < 4.78 is 29.6. The van der Waals surface area contributed by atoms with Crippen LogP contribution in [-0.4, -0.2) is 20.9 Å². The molecule has 1 amide bonds. The van der Waals surface area contributed by atoms with Crippen molar-refractivity contribution in [3.05, 3.63) is 52.5 Å². The molecule has 2 aromatic rings. The summed E-state index contributed by atoms with van der Waals surface area (Å²) in [5.74, 6) is 0.212. The SMILES string of the molecule is O=C1CCCN1c1ccc(OS(=O)(=O)c2ccc(Cl)c(Cl)c2)cc1. The molecule has 3 rings (SSSR count). The van der Waals surface area contributed by atoms with E-state index in [1.54, 1.807) is 17.0 Å². The van der Waals surface area contributed by atoms with Gasteiger partial charge in [0.05, 0.1) is 10.0 Å². The van der Waals surface area contributed by atoms with Crippen LogP contribution in [0.3, 0.4) is 0 Å². The maximum atomic E-state index is 12.3. The molecule has 0 bridgehead atoms. The van der Waals surface area contributed by atoms with Crippen molar-refractivity contribution >= 4 is 44.9 Å². The first-order valence-electron chi connectivity index (χ1n) is 7.17. The fraction of sp³-hybridized carbons (Fsp3) is 0.188. The normalized spacial score (nSPS) is 14.9. The number of hydrogen-bond acceptors (Lipinski definition) is 4. The van der Waals surface area contributed by atoms with Crippen LogP contribution in [0.1, 0.15) is 12.8 Å². The summed E-state index contributed by atoms with van der Waals surface area (Å²) in [4.78, 5) is 13.3. The minimum absolute atomic E-state index is 0.0621. The highest BCUT2D eigenvalue weighted by Gasteiger charge is 2.22. The van der Waals surface area contributed by atoms with E-state index in [1.807, 2.05) is 0 Å². The Labute approximate surface area is 149 Å². The fourth-order valence-electron chi connectivity index (χ4n) is 2.41. The first kappa shape index (κ1) is 17.1. The molecule has 1 aliphatic rings. The topological polar surface area (TPSA) is 63.7 Å². The van der Waals surface area contributed by atoms with Gasteiger partial charge in [0.2, 0.25) is 5.91 Å². The van der Waals surface area contributed by atoms with Crippen LogP contribution in [0.5, 0.6) is 5.75 Å². The Kier molecular flexibility index (Phi) is 4.71. The van der Waals surface area contributed by atoms with E-state index < -0.39 is 10.1 Å². The van der Waals surface area contributed by atoms with E-state index in [2.05, 4.69) is 0 Å². The molecule has 0 N–H and O–H groups in total. The smallest absolute Gasteiger partial charge is 0.339 e. The lowest BCUT2D eigenvalue weighted by molar-refractivity contribution is -0.117. The first-order valence-corrected chi connectivity index (χ1v) is 9.33. The summed E-state index contributed by atoms with van der Waals surface area (Å²) in [6.45, 7) is 0.667. The molecular formula is C16H13Cl2NO4S. The van der Waals surface area contributed by atoms with Gasteiger partial charge in [-0.2, -0.15) is 8.42 Å². The molecule has 126 valence electrons. The third-order valence-corrected chi connectivity index (χ3v) is 5.59. The van der Waals surface area contributed by atoms with E-state index >= 15 is 0 Å². The molecule has 8 heteroatoms. The van der Waals surface area contributed by atoms with Crippen molar-refractivity contribution in [2.24, 2.45) is 0 Å². The van der Waals surface area contributed by atoms with Crippen LogP contribution >= 0.6 is 23.2 Å². The van der Waals surface area contributed by atoms with Crippen molar-refractivity contribution in [3.63, 3.8) is 0 Å². The number of nitrogens with zero attached hydrogens (tertiary/aromatic N) is 1. The third kappa shape index (κ3) is 3.50. The molecule has 1 fully saturated rings. The second kappa shape index (κ2) is 6.63. The van der Waals surface area contributed by atoms with Crippen molar-refractivity contribution in [1.82, 2.24) is 0 Å². The highest BCUT2D eigenvalue weighted by molar-refractivity contribution is 7.87. The molecule has 0 spiro atoms. The molecule has 0 unspecified atom stereocenters. The van der Waals surface area contributed by atoms with E-state index in [0.717, 1.165) is 12.1 Å². The van der Waals surface area contributed by atoms with E-state index in [1.165, 1.54) is 30.3 Å². The van der Waals surface area contributed by atoms with Crippen LogP contribution in [0.2, 0.25) is 10.0 Å². The fourth-order valence-corrected chi connectivity index (χ4v) is 3.73. The average molecular weight is 386 g/mol. The van der Waals surface area contributed by atoms with Crippen molar-refractivity contribution in [1.29, 1.82) is 0 Å². The number of carbonyl (C=O) groups excluding carboxylic acids is 1. The summed E-state index contributed by atoms with van der Waals surface area (Å²) in [5, 5.41) is 0.388. The first-order chi connectivity index (χ1) is 11.4. The molecule has 1 saturated heterocycles. The Bertz CT molecular complexity index is 881. The summed E-state index contributed by atoms with van der Waals surface area (Å²) >= 11 is 11.6. The van der Waals surface area contributed by atoms with Gasteiger partial charge in [0.25, 0.3) is 0 Å². The lowest BCUT2D eigenvalue weighted by Crippen LogP contribution is -2.23. The van der Waals surface area contributed by atoms with Gasteiger partial charge in [0, 0.05) is 18.7 Å². The minimum Gasteiger partial charge on any atom is -0.379 e. The molecule has 1 aliphatic heterocycles. The number of hydrogen-bond donors (Lipinski definition) is 0. The van der Waals surface area contributed by atoms with Crippen LogP contribution in [-0.2, 0) is 14.9 Å². The molecule has 0 saturated carbocycles. The molecule has 24 heavy (non-hydrogen) atoms. The predicted octanol–water partition coefficient (Wildman–Crippen LogP) is 3.89. The van der Waals surface area contributed by atoms with Crippen LogP contribution in [0.15, 0.2) is 47.4 Å². The number of amides is 1. The maximum Gasteiger partial charge on any atom is 0.339 e. The van der Waals surface area contributed by atoms with Crippen LogP contribution in [0.25, 0.3) is 0 Å². The zero-order valence-corrected chi connectivity index (χ0v) is 14.7. The molecule has 0 radical (unpaired) electrons. The van der Waals surface area contributed by atoms with Gasteiger partial charge in [-0.25, -0.2) is 0 Å². The predicted molar refractivity (Wildman–Crippen MR) is 92.3 cm³/mol. The summed E-state index contributed by atoms with van der Waals surface area (Å²) in [7, 11) is -4.02. The van der Waals surface area contributed by atoms with Crippen LogP contribution in [0, 0.1) is 0 Å². The van der Waals surface area contributed by atoms with Crippen molar-refractivity contribution < 1.29 is 17.4 Å². The van der Waals surface area contributed by atoms with E-state index in [-0.39, 0.29) is 26.6 Å². The van der Waals surface area contributed by atoms with Gasteiger partial charge in [-0.15, -0.1) is 0 Å². The molecule has 2 aromatic carbocycles.